The Hall–Kier alpha value is -1.43. The summed E-state index contributed by atoms with van der Waals surface area (Å²) in [4.78, 5) is 35.4. The van der Waals surface area contributed by atoms with Gasteiger partial charge < -0.3 is 10.6 Å². The summed E-state index contributed by atoms with van der Waals surface area (Å²) >= 11 is 0. The third-order valence-electron chi connectivity index (χ3n) is 2.85. The van der Waals surface area contributed by atoms with Gasteiger partial charge in [-0.05, 0) is 13.0 Å². The number of imide groups is 1. The molecule has 0 aromatic carbocycles. The van der Waals surface area contributed by atoms with Crippen LogP contribution in [0.5, 0.6) is 0 Å². The van der Waals surface area contributed by atoms with E-state index in [1.807, 2.05) is 13.8 Å². The predicted octanol–water partition coefficient (Wildman–Crippen LogP) is -0.362. The van der Waals surface area contributed by atoms with Gasteiger partial charge in [0, 0.05) is 19.5 Å². The minimum Gasteiger partial charge on any atom is -0.344 e. The molecule has 102 valence electrons. The molecule has 2 N–H and O–H groups in total. The maximum Gasteiger partial charge on any atom is 0.252 e. The summed E-state index contributed by atoms with van der Waals surface area (Å²) in [5.74, 6) is -0.748. The predicted molar refractivity (Wildman–Crippen MR) is 66.7 cm³/mol. The average molecular weight is 255 g/mol. The summed E-state index contributed by atoms with van der Waals surface area (Å²) < 4.78 is 0. The Morgan fingerprint density at radius 3 is 2.61 bits per heavy atom. The lowest BCUT2D eigenvalue weighted by molar-refractivity contribution is -0.138. The first-order chi connectivity index (χ1) is 8.41. The molecule has 1 aliphatic rings. The van der Waals surface area contributed by atoms with E-state index in [2.05, 4.69) is 10.6 Å². The molecule has 1 heterocycles. The summed E-state index contributed by atoms with van der Waals surface area (Å²) in [7, 11) is 1.43. The third kappa shape index (κ3) is 4.10. The van der Waals surface area contributed by atoms with Crippen LogP contribution in [0.15, 0.2) is 0 Å². The zero-order valence-corrected chi connectivity index (χ0v) is 11.2. The summed E-state index contributed by atoms with van der Waals surface area (Å²) in [6.07, 6.45) is 1.15. The van der Waals surface area contributed by atoms with Crippen LogP contribution >= 0.6 is 0 Å². The van der Waals surface area contributed by atoms with Crippen molar-refractivity contribution in [3.05, 3.63) is 0 Å². The van der Waals surface area contributed by atoms with Gasteiger partial charge in [0.15, 0.2) is 0 Å². The highest BCUT2D eigenvalue weighted by atomic mass is 16.2. The fraction of sp³-hybridized carbons (Fsp3) is 0.750. The molecule has 1 atom stereocenters. The van der Waals surface area contributed by atoms with E-state index >= 15 is 0 Å². The van der Waals surface area contributed by atoms with E-state index in [9.17, 15) is 14.4 Å². The van der Waals surface area contributed by atoms with Gasteiger partial charge in [-0.2, -0.15) is 0 Å². The maximum absolute atomic E-state index is 11.6. The van der Waals surface area contributed by atoms with Crippen molar-refractivity contribution >= 4 is 17.7 Å². The van der Waals surface area contributed by atoms with E-state index in [1.165, 1.54) is 7.05 Å². The van der Waals surface area contributed by atoms with E-state index in [1.54, 1.807) is 0 Å². The first kappa shape index (κ1) is 14.6. The van der Waals surface area contributed by atoms with Crippen molar-refractivity contribution in [2.75, 3.05) is 13.6 Å². The number of hydrogen-bond acceptors (Lipinski definition) is 4. The highest BCUT2D eigenvalue weighted by Crippen LogP contribution is 2.10. The molecule has 18 heavy (non-hydrogen) atoms. The van der Waals surface area contributed by atoms with Gasteiger partial charge in [-0.1, -0.05) is 13.8 Å². The van der Waals surface area contributed by atoms with Crippen molar-refractivity contribution in [1.82, 2.24) is 15.5 Å². The largest absolute Gasteiger partial charge is 0.344 e. The van der Waals surface area contributed by atoms with Crippen LogP contribution in [0.1, 0.15) is 33.1 Å². The Labute approximate surface area is 107 Å². The minimum absolute atomic E-state index is 0.0747. The first-order valence-corrected chi connectivity index (χ1v) is 6.25. The van der Waals surface area contributed by atoms with Crippen molar-refractivity contribution in [3.8, 4) is 0 Å². The molecule has 0 aliphatic carbocycles. The van der Waals surface area contributed by atoms with Crippen LogP contribution in [0.2, 0.25) is 0 Å². The van der Waals surface area contributed by atoms with Crippen LogP contribution in [-0.4, -0.2) is 48.3 Å². The lowest BCUT2D eigenvalue weighted by atomic mass is 10.2. The molecule has 6 nitrogen and oxygen atoms in total. The Bertz CT molecular complexity index is 341. The van der Waals surface area contributed by atoms with E-state index in [0.29, 0.717) is 18.9 Å². The Morgan fingerprint density at radius 1 is 1.44 bits per heavy atom. The zero-order valence-electron chi connectivity index (χ0n) is 11.2. The fourth-order valence-corrected chi connectivity index (χ4v) is 1.77. The lowest BCUT2D eigenvalue weighted by Gasteiger charge is -2.11. The van der Waals surface area contributed by atoms with E-state index in [-0.39, 0.29) is 24.1 Å². The summed E-state index contributed by atoms with van der Waals surface area (Å²) in [5.41, 5.74) is 0. The normalized spacial score (nSPS) is 19.8. The van der Waals surface area contributed by atoms with E-state index in [4.69, 9.17) is 0 Å². The number of likely N-dealkylation sites (N-methyl/N-ethyl adjacent to an activating group) is 1. The van der Waals surface area contributed by atoms with Gasteiger partial charge in [-0.3, -0.25) is 19.3 Å². The van der Waals surface area contributed by atoms with Crippen LogP contribution < -0.4 is 10.6 Å². The molecule has 1 saturated heterocycles. The smallest absolute Gasteiger partial charge is 0.252 e. The third-order valence-corrected chi connectivity index (χ3v) is 2.85. The van der Waals surface area contributed by atoms with Crippen molar-refractivity contribution in [2.24, 2.45) is 0 Å². The molecular weight excluding hydrogens is 234 g/mol. The standard InChI is InChI=1S/C12H21N3O3/c1-8(2)13-6-4-5-10(16)14-9-7-11(17)15(3)12(9)18/h8-9,13H,4-7H2,1-3H3,(H,14,16). The van der Waals surface area contributed by atoms with Crippen molar-refractivity contribution in [2.45, 2.75) is 45.2 Å². The number of nitrogens with zero attached hydrogens (tertiary/aromatic N) is 1. The molecule has 6 heteroatoms. The van der Waals surface area contributed by atoms with E-state index < -0.39 is 6.04 Å². The van der Waals surface area contributed by atoms with Crippen LogP contribution in [0.25, 0.3) is 0 Å². The van der Waals surface area contributed by atoms with Gasteiger partial charge in [0.25, 0.3) is 5.91 Å². The second-order valence-electron chi connectivity index (χ2n) is 4.83. The number of hydrogen-bond donors (Lipinski definition) is 2. The molecule has 3 amide bonds. The summed E-state index contributed by atoms with van der Waals surface area (Å²) in [5, 5.41) is 5.81. The molecule has 1 fully saturated rings. The monoisotopic (exact) mass is 255 g/mol. The maximum atomic E-state index is 11.6. The number of carbonyl (C=O) groups excluding carboxylic acids is 3. The molecular formula is C12H21N3O3. The van der Waals surface area contributed by atoms with Crippen LogP contribution in [0.3, 0.4) is 0 Å². The quantitative estimate of drug-likeness (QED) is 0.502. The van der Waals surface area contributed by atoms with Crippen molar-refractivity contribution < 1.29 is 14.4 Å². The number of rotatable bonds is 6. The summed E-state index contributed by atoms with van der Waals surface area (Å²) in [6.45, 7) is 4.85. The Balaban J connectivity index is 2.25. The van der Waals surface area contributed by atoms with Crippen LogP contribution in [-0.2, 0) is 14.4 Å². The van der Waals surface area contributed by atoms with Crippen molar-refractivity contribution in [3.63, 3.8) is 0 Å². The molecule has 0 saturated carbocycles. The highest BCUT2D eigenvalue weighted by Gasteiger charge is 2.36. The summed E-state index contributed by atoms with van der Waals surface area (Å²) in [6, 6.07) is -0.274. The van der Waals surface area contributed by atoms with E-state index in [0.717, 1.165) is 11.4 Å². The molecule has 0 spiro atoms. The van der Waals surface area contributed by atoms with Crippen LogP contribution in [0.4, 0.5) is 0 Å². The molecule has 0 aromatic heterocycles. The number of nitrogens with one attached hydrogen (secondary N) is 2. The molecule has 0 aromatic rings. The Morgan fingerprint density at radius 2 is 2.11 bits per heavy atom. The molecule has 0 radical (unpaired) electrons. The zero-order chi connectivity index (χ0) is 13.7. The van der Waals surface area contributed by atoms with Gasteiger partial charge in [-0.15, -0.1) is 0 Å². The molecule has 0 bridgehead atoms. The number of carbonyl (C=O) groups is 3. The topological polar surface area (TPSA) is 78.5 Å². The lowest BCUT2D eigenvalue weighted by Crippen LogP contribution is -2.40. The van der Waals surface area contributed by atoms with Crippen molar-refractivity contribution in [1.29, 1.82) is 0 Å². The second-order valence-corrected chi connectivity index (χ2v) is 4.83. The SMILES string of the molecule is CC(C)NCCCC(=O)NC1CC(=O)N(C)C1=O. The Kier molecular flexibility index (Phi) is 5.27. The van der Waals surface area contributed by atoms with Gasteiger partial charge in [-0.25, -0.2) is 0 Å². The number of likely N-dealkylation sites (tertiary alicyclic amines) is 1. The van der Waals surface area contributed by atoms with Gasteiger partial charge in [0.1, 0.15) is 6.04 Å². The van der Waals surface area contributed by atoms with Crippen LogP contribution in [0, 0.1) is 0 Å². The highest BCUT2D eigenvalue weighted by molar-refractivity contribution is 6.06. The second kappa shape index (κ2) is 6.49. The number of amides is 3. The van der Waals surface area contributed by atoms with Gasteiger partial charge >= 0.3 is 0 Å². The molecule has 1 unspecified atom stereocenters. The molecule has 1 aliphatic heterocycles. The average Bonchev–Trinajstić information content (AvgIpc) is 2.52. The molecule has 1 rings (SSSR count). The van der Waals surface area contributed by atoms with Gasteiger partial charge in [0.2, 0.25) is 11.8 Å². The first-order valence-electron chi connectivity index (χ1n) is 6.25. The minimum atomic E-state index is -0.673. The fourth-order valence-electron chi connectivity index (χ4n) is 1.77. The van der Waals surface area contributed by atoms with Gasteiger partial charge in [0.05, 0.1) is 6.42 Å².